The van der Waals surface area contributed by atoms with E-state index in [0.29, 0.717) is 6.42 Å². The Morgan fingerprint density at radius 3 is 2.45 bits per heavy atom. The van der Waals surface area contributed by atoms with Crippen LogP contribution in [0.1, 0.15) is 24.8 Å². The highest BCUT2D eigenvalue weighted by Crippen LogP contribution is 2.26. The van der Waals surface area contributed by atoms with Crippen molar-refractivity contribution in [3.63, 3.8) is 0 Å². The lowest BCUT2D eigenvalue weighted by atomic mass is 9.97. The van der Waals surface area contributed by atoms with Crippen molar-refractivity contribution in [2.45, 2.75) is 24.2 Å². The summed E-state index contributed by atoms with van der Waals surface area (Å²) in [6, 6.07) is 18.0. The SMILES string of the molecule is CSc1ccccc1NC(=O)C[C@@H](C)c1ccccc1. The molecule has 0 spiro atoms. The summed E-state index contributed by atoms with van der Waals surface area (Å²) in [6.45, 7) is 2.08. The fraction of sp³-hybridized carbons (Fsp3) is 0.235. The molecule has 0 saturated heterocycles. The van der Waals surface area contributed by atoms with Crippen LogP contribution in [0, 0.1) is 0 Å². The summed E-state index contributed by atoms with van der Waals surface area (Å²) in [4.78, 5) is 13.2. The quantitative estimate of drug-likeness (QED) is 0.817. The molecule has 0 aliphatic carbocycles. The minimum atomic E-state index is 0.0582. The number of carbonyl (C=O) groups is 1. The normalized spacial score (nSPS) is 11.9. The van der Waals surface area contributed by atoms with Gasteiger partial charge in [-0.3, -0.25) is 4.79 Å². The van der Waals surface area contributed by atoms with Gasteiger partial charge in [-0.25, -0.2) is 0 Å². The van der Waals surface area contributed by atoms with Crippen LogP contribution in [0.5, 0.6) is 0 Å². The van der Waals surface area contributed by atoms with Crippen molar-refractivity contribution < 1.29 is 4.79 Å². The minimum absolute atomic E-state index is 0.0582. The van der Waals surface area contributed by atoms with Crippen LogP contribution < -0.4 is 5.32 Å². The number of nitrogens with one attached hydrogen (secondary N) is 1. The Labute approximate surface area is 124 Å². The largest absolute Gasteiger partial charge is 0.325 e. The molecule has 2 aromatic carbocycles. The number of thioether (sulfide) groups is 1. The molecule has 0 saturated carbocycles. The highest BCUT2D eigenvalue weighted by molar-refractivity contribution is 7.98. The number of anilines is 1. The number of amides is 1. The molecule has 0 heterocycles. The molecule has 0 aromatic heterocycles. The van der Waals surface area contributed by atoms with Gasteiger partial charge in [0.2, 0.25) is 5.91 Å². The Hall–Kier alpha value is -1.74. The molecule has 2 rings (SSSR count). The van der Waals surface area contributed by atoms with Gasteiger partial charge in [-0.15, -0.1) is 11.8 Å². The zero-order chi connectivity index (χ0) is 14.4. The van der Waals surface area contributed by atoms with Crippen molar-refractivity contribution in [1.29, 1.82) is 0 Å². The van der Waals surface area contributed by atoms with Crippen molar-refractivity contribution in [1.82, 2.24) is 0 Å². The van der Waals surface area contributed by atoms with Gasteiger partial charge in [0.25, 0.3) is 0 Å². The van der Waals surface area contributed by atoms with Crippen LogP contribution in [0.4, 0.5) is 5.69 Å². The van der Waals surface area contributed by atoms with Crippen LogP contribution in [-0.4, -0.2) is 12.2 Å². The molecule has 104 valence electrons. The zero-order valence-corrected chi connectivity index (χ0v) is 12.6. The maximum absolute atomic E-state index is 12.1. The summed E-state index contributed by atoms with van der Waals surface area (Å²) in [7, 11) is 0. The third-order valence-corrected chi connectivity index (χ3v) is 4.04. The Morgan fingerprint density at radius 1 is 1.10 bits per heavy atom. The van der Waals surface area contributed by atoms with E-state index < -0.39 is 0 Å². The molecule has 0 aliphatic rings. The number of carbonyl (C=O) groups excluding carboxylic acids is 1. The molecule has 0 unspecified atom stereocenters. The zero-order valence-electron chi connectivity index (χ0n) is 11.8. The van der Waals surface area contributed by atoms with Gasteiger partial charge in [0.15, 0.2) is 0 Å². The molecule has 2 aromatic rings. The van der Waals surface area contributed by atoms with E-state index in [1.54, 1.807) is 11.8 Å². The Bertz CT molecular complexity index is 568. The van der Waals surface area contributed by atoms with Gasteiger partial charge in [-0.05, 0) is 29.9 Å². The second-order valence-electron chi connectivity index (χ2n) is 4.76. The molecule has 2 nitrogen and oxygen atoms in total. The first kappa shape index (κ1) is 14.7. The van der Waals surface area contributed by atoms with Crippen molar-refractivity contribution >= 4 is 23.4 Å². The third-order valence-electron chi connectivity index (χ3n) is 3.24. The van der Waals surface area contributed by atoms with E-state index in [9.17, 15) is 4.79 Å². The predicted octanol–water partition coefficient (Wildman–Crippen LogP) is 4.54. The minimum Gasteiger partial charge on any atom is -0.325 e. The first-order chi connectivity index (χ1) is 9.70. The summed E-state index contributed by atoms with van der Waals surface area (Å²) in [5.74, 6) is 0.278. The molecule has 1 N–H and O–H groups in total. The van der Waals surface area contributed by atoms with Gasteiger partial charge >= 0.3 is 0 Å². The number of hydrogen-bond donors (Lipinski definition) is 1. The maximum atomic E-state index is 12.1. The van der Waals surface area contributed by atoms with Gasteiger partial charge in [0.1, 0.15) is 0 Å². The monoisotopic (exact) mass is 285 g/mol. The number of rotatable bonds is 5. The fourth-order valence-corrected chi connectivity index (χ4v) is 2.68. The molecule has 20 heavy (non-hydrogen) atoms. The maximum Gasteiger partial charge on any atom is 0.225 e. The number of benzene rings is 2. The predicted molar refractivity (Wildman–Crippen MR) is 86.3 cm³/mol. The summed E-state index contributed by atoms with van der Waals surface area (Å²) in [5, 5.41) is 3.00. The Morgan fingerprint density at radius 2 is 1.75 bits per heavy atom. The van der Waals surface area contributed by atoms with Crippen molar-refractivity contribution in [3.05, 3.63) is 60.2 Å². The van der Waals surface area contributed by atoms with Crippen LogP contribution in [0.2, 0.25) is 0 Å². The molecule has 1 amide bonds. The lowest BCUT2D eigenvalue weighted by Crippen LogP contribution is -2.14. The van der Waals surface area contributed by atoms with E-state index in [0.717, 1.165) is 10.6 Å². The van der Waals surface area contributed by atoms with E-state index in [2.05, 4.69) is 24.4 Å². The molecule has 3 heteroatoms. The summed E-state index contributed by atoms with van der Waals surface area (Å²) >= 11 is 1.64. The Balaban J connectivity index is 1.99. The number of hydrogen-bond acceptors (Lipinski definition) is 2. The Kier molecular flexibility index (Phi) is 5.24. The van der Waals surface area contributed by atoms with E-state index in [1.165, 1.54) is 5.56 Å². The van der Waals surface area contributed by atoms with Gasteiger partial charge < -0.3 is 5.32 Å². The van der Waals surface area contributed by atoms with E-state index in [1.807, 2.05) is 48.7 Å². The molecule has 0 aliphatic heterocycles. The first-order valence-corrected chi connectivity index (χ1v) is 7.91. The lowest BCUT2D eigenvalue weighted by Gasteiger charge is -2.13. The molecule has 0 bridgehead atoms. The average Bonchev–Trinajstić information content (AvgIpc) is 2.48. The van der Waals surface area contributed by atoms with Crippen LogP contribution in [0.25, 0.3) is 0 Å². The van der Waals surface area contributed by atoms with Crippen LogP contribution >= 0.6 is 11.8 Å². The van der Waals surface area contributed by atoms with Crippen LogP contribution in [0.15, 0.2) is 59.5 Å². The first-order valence-electron chi connectivity index (χ1n) is 6.68. The highest BCUT2D eigenvalue weighted by atomic mass is 32.2. The van der Waals surface area contributed by atoms with Crippen molar-refractivity contribution in [2.24, 2.45) is 0 Å². The smallest absolute Gasteiger partial charge is 0.225 e. The van der Waals surface area contributed by atoms with E-state index in [-0.39, 0.29) is 11.8 Å². The second-order valence-corrected chi connectivity index (χ2v) is 5.61. The van der Waals surface area contributed by atoms with Crippen LogP contribution in [0.3, 0.4) is 0 Å². The van der Waals surface area contributed by atoms with Gasteiger partial charge in [-0.2, -0.15) is 0 Å². The lowest BCUT2D eigenvalue weighted by molar-refractivity contribution is -0.116. The summed E-state index contributed by atoms with van der Waals surface area (Å²) in [6.07, 6.45) is 2.50. The van der Waals surface area contributed by atoms with E-state index >= 15 is 0 Å². The average molecular weight is 285 g/mol. The fourth-order valence-electron chi connectivity index (χ4n) is 2.13. The van der Waals surface area contributed by atoms with E-state index in [4.69, 9.17) is 0 Å². The van der Waals surface area contributed by atoms with Gasteiger partial charge in [-0.1, -0.05) is 49.4 Å². The topological polar surface area (TPSA) is 29.1 Å². The summed E-state index contributed by atoms with van der Waals surface area (Å²) < 4.78 is 0. The van der Waals surface area contributed by atoms with Crippen molar-refractivity contribution in [3.8, 4) is 0 Å². The van der Waals surface area contributed by atoms with Crippen LogP contribution in [-0.2, 0) is 4.79 Å². The second kappa shape index (κ2) is 7.15. The summed E-state index contributed by atoms with van der Waals surface area (Å²) in [5.41, 5.74) is 2.09. The van der Waals surface area contributed by atoms with Gasteiger partial charge in [0, 0.05) is 11.3 Å². The molecule has 0 radical (unpaired) electrons. The molecule has 1 atom stereocenters. The van der Waals surface area contributed by atoms with Gasteiger partial charge in [0.05, 0.1) is 5.69 Å². The standard InChI is InChI=1S/C17H19NOS/c1-13(14-8-4-3-5-9-14)12-17(19)18-15-10-6-7-11-16(15)20-2/h3-11,13H,12H2,1-2H3,(H,18,19)/t13-/m1/s1. The third kappa shape index (κ3) is 3.87. The molecular formula is C17H19NOS. The molecule has 0 fully saturated rings. The molecular weight excluding hydrogens is 266 g/mol. The highest BCUT2D eigenvalue weighted by Gasteiger charge is 2.12. The van der Waals surface area contributed by atoms with Crippen molar-refractivity contribution in [2.75, 3.05) is 11.6 Å². The number of para-hydroxylation sites is 1.